The summed E-state index contributed by atoms with van der Waals surface area (Å²) >= 11 is 0. The Morgan fingerprint density at radius 3 is 2.43 bits per heavy atom. The van der Waals surface area contributed by atoms with Crippen molar-refractivity contribution in [2.45, 2.75) is 44.9 Å². The average Bonchev–Trinajstić information content (AvgIpc) is 2.52. The van der Waals surface area contributed by atoms with Crippen LogP contribution in [0.5, 0.6) is 5.75 Å². The Kier molecular flexibility index (Phi) is 3.82. The highest BCUT2D eigenvalue weighted by Gasteiger charge is 2.50. The molecule has 0 radical (unpaired) electrons. The molecule has 4 bridgehead atoms. The van der Waals surface area contributed by atoms with Crippen molar-refractivity contribution in [1.82, 2.24) is 5.32 Å². The SMILES string of the molecule is COc1cccc(CC(=O)NCC23CC4CC(CC(C4)C2)C3)c1. The summed E-state index contributed by atoms with van der Waals surface area (Å²) in [7, 11) is 1.66. The van der Waals surface area contributed by atoms with Gasteiger partial charge in [-0.05, 0) is 79.4 Å². The van der Waals surface area contributed by atoms with E-state index in [4.69, 9.17) is 4.74 Å². The molecular weight excluding hydrogens is 286 g/mol. The Hall–Kier alpha value is -1.51. The van der Waals surface area contributed by atoms with Gasteiger partial charge in [-0.25, -0.2) is 0 Å². The number of carbonyl (C=O) groups is 1. The van der Waals surface area contributed by atoms with Crippen molar-refractivity contribution in [3.8, 4) is 5.75 Å². The lowest BCUT2D eigenvalue weighted by atomic mass is 9.49. The summed E-state index contributed by atoms with van der Waals surface area (Å²) < 4.78 is 5.23. The van der Waals surface area contributed by atoms with Gasteiger partial charge < -0.3 is 10.1 Å². The van der Waals surface area contributed by atoms with Crippen molar-refractivity contribution in [3.05, 3.63) is 29.8 Å². The summed E-state index contributed by atoms with van der Waals surface area (Å²) in [5.41, 5.74) is 1.44. The molecule has 1 aromatic carbocycles. The predicted molar refractivity (Wildman–Crippen MR) is 90.3 cm³/mol. The molecule has 5 rings (SSSR count). The van der Waals surface area contributed by atoms with E-state index in [1.54, 1.807) is 7.11 Å². The molecule has 0 unspecified atom stereocenters. The minimum absolute atomic E-state index is 0.147. The van der Waals surface area contributed by atoms with Crippen molar-refractivity contribution >= 4 is 5.91 Å². The first-order chi connectivity index (χ1) is 11.1. The molecule has 4 saturated carbocycles. The Morgan fingerprint density at radius 2 is 1.83 bits per heavy atom. The number of methoxy groups -OCH3 is 1. The fraction of sp³-hybridized carbons (Fsp3) is 0.650. The molecule has 1 N–H and O–H groups in total. The van der Waals surface area contributed by atoms with E-state index in [1.807, 2.05) is 24.3 Å². The van der Waals surface area contributed by atoms with E-state index in [1.165, 1.54) is 38.5 Å². The Labute approximate surface area is 138 Å². The highest BCUT2D eigenvalue weighted by atomic mass is 16.5. The molecule has 1 aromatic rings. The molecule has 0 aromatic heterocycles. The van der Waals surface area contributed by atoms with Crippen molar-refractivity contribution in [2.24, 2.45) is 23.2 Å². The normalized spacial score (nSPS) is 34.4. The number of carbonyl (C=O) groups excluding carboxylic acids is 1. The number of hydrogen-bond donors (Lipinski definition) is 1. The summed E-state index contributed by atoms with van der Waals surface area (Å²) in [5, 5.41) is 3.25. The van der Waals surface area contributed by atoms with E-state index >= 15 is 0 Å². The van der Waals surface area contributed by atoms with E-state index in [0.29, 0.717) is 11.8 Å². The zero-order chi connectivity index (χ0) is 15.9. The fourth-order valence-corrected chi connectivity index (χ4v) is 5.82. The van der Waals surface area contributed by atoms with Crippen LogP contribution in [0.3, 0.4) is 0 Å². The molecule has 4 fully saturated rings. The second-order valence-corrected chi connectivity index (χ2v) is 8.22. The van der Waals surface area contributed by atoms with Gasteiger partial charge in [-0.15, -0.1) is 0 Å². The summed E-state index contributed by atoms with van der Waals surface area (Å²) in [6.07, 6.45) is 8.85. The molecule has 0 atom stereocenters. The van der Waals surface area contributed by atoms with Crippen molar-refractivity contribution in [2.75, 3.05) is 13.7 Å². The monoisotopic (exact) mass is 313 g/mol. The van der Waals surface area contributed by atoms with Crippen LogP contribution in [0, 0.1) is 23.2 Å². The zero-order valence-electron chi connectivity index (χ0n) is 14.0. The maximum atomic E-state index is 12.4. The summed E-state index contributed by atoms with van der Waals surface area (Å²) in [6, 6.07) is 7.80. The van der Waals surface area contributed by atoms with Gasteiger partial charge in [-0.2, -0.15) is 0 Å². The van der Waals surface area contributed by atoms with E-state index in [2.05, 4.69) is 5.32 Å². The van der Waals surface area contributed by atoms with Crippen LogP contribution in [0.1, 0.15) is 44.1 Å². The van der Waals surface area contributed by atoms with Crippen LogP contribution in [0.15, 0.2) is 24.3 Å². The maximum absolute atomic E-state index is 12.4. The molecule has 0 spiro atoms. The van der Waals surface area contributed by atoms with E-state index < -0.39 is 0 Å². The predicted octanol–water partition coefficient (Wildman–Crippen LogP) is 3.57. The molecule has 4 aliphatic rings. The van der Waals surface area contributed by atoms with Gasteiger partial charge in [0.15, 0.2) is 0 Å². The third kappa shape index (κ3) is 3.11. The molecule has 23 heavy (non-hydrogen) atoms. The number of benzene rings is 1. The molecular formula is C20H27NO2. The Bertz CT molecular complexity index is 560. The summed E-state index contributed by atoms with van der Waals surface area (Å²) in [6.45, 7) is 0.888. The van der Waals surface area contributed by atoms with E-state index in [0.717, 1.165) is 35.6 Å². The lowest BCUT2D eigenvalue weighted by Gasteiger charge is -2.56. The standard InChI is InChI=1S/C20H27NO2/c1-23-18-4-2-3-14(8-18)9-19(22)21-13-20-10-15-5-16(11-20)7-17(6-15)12-20/h2-4,8,15-17H,5-7,9-13H2,1H3,(H,21,22). The van der Waals surface area contributed by atoms with Crippen molar-refractivity contribution < 1.29 is 9.53 Å². The summed E-state index contributed by atoms with van der Waals surface area (Å²) in [5.74, 6) is 3.79. The molecule has 0 heterocycles. The Morgan fingerprint density at radius 1 is 1.17 bits per heavy atom. The molecule has 3 nitrogen and oxygen atoms in total. The molecule has 1 amide bonds. The van der Waals surface area contributed by atoms with Crippen LogP contribution < -0.4 is 10.1 Å². The fourth-order valence-electron chi connectivity index (χ4n) is 5.82. The minimum atomic E-state index is 0.147. The van der Waals surface area contributed by atoms with Crippen LogP contribution in [0.2, 0.25) is 0 Å². The number of ether oxygens (including phenoxy) is 1. The largest absolute Gasteiger partial charge is 0.497 e. The van der Waals surface area contributed by atoms with Gasteiger partial charge in [0.25, 0.3) is 0 Å². The van der Waals surface area contributed by atoms with Crippen molar-refractivity contribution in [1.29, 1.82) is 0 Å². The van der Waals surface area contributed by atoms with Crippen LogP contribution in [0.4, 0.5) is 0 Å². The molecule has 0 saturated heterocycles. The average molecular weight is 313 g/mol. The van der Waals surface area contributed by atoms with Gasteiger partial charge >= 0.3 is 0 Å². The maximum Gasteiger partial charge on any atom is 0.224 e. The molecule has 124 valence electrons. The van der Waals surface area contributed by atoms with E-state index in [-0.39, 0.29) is 5.91 Å². The van der Waals surface area contributed by atoms with Gasteiger partial charge in [0.2, 0.25) is 5.91 Å². The van der Waals surface area contributed by atoms with Crippen LogP contribution in [-0.2, 0) is 11.2 Å². The van der Waals surface area contributed by atoms with Crippen molar-refractivity contribution in [3.63, 3.8) is 0 Å². The van der Waals surface area contributed by atoms with Gasteiger partial charge in [0, 0.05) is 6.54 Å². The first kappa shape index (κ1) is 15.0. The van der Waals surface area contributed by atoms with Crippen LogP contribution in [0.25, 0.3) is 0 Å². The lowest BCUT2D eigenvalue weighted by Crippen LogP contribution is -2.51. The zero-order valence-corrected chi connectivity index (χ0v) is 14.0. The first-order valence-electron chi connectivity index (χ1n) is 9.04. The first-order valence-corrected chi connectivity index (χ1v) is 9.04. The second kappa shape index (κ2) is 5.85. The third-order valence-electron chi connectivity index (χ3n) is 6.32. The molecule has 0 aliphatic heterocycles. The number of rotatable bonds is 5. The molecule has 4 aliphatic carbocycles. The summed E-state index contributed by atoms with van der Waals surface area (Å²) in [4.78, 5) is 12.4. The lowest BCUT2D eigenvalue weighted by molar-refractivity contribution is -0.122. The highest BCUT2D eigenvalue weighted by molar-refractivity contribution is 5.78. The number of hydrogen-bond acceptors (Lipinski definition) is 2. The van der Waals surface area contributed by atoms with Gasteiger partial charge in [-0.3, -0.25) is 4.79 Å². The second-order valence-electron chi connectivity index (χ2n) is 8.22. The molecule has 3 heteroatoms. The topological polar surface area (TPSA) is 38.3 Å². The van der Waals surface area contributed by atoms with Gasteiger partial charge in [0.1, 0.15) is 5.75 Å². The van der Waals surface area contributed by atoms with Crippen LogP contribution >= 0.6 is 0 Å². The smallest absolute Gasteiger partial charge is 0.224 e. The quantitative estimate of drug-likeness (QED) is 0.902. The highest BCUT2D eigenvalue weighted by Crippen LogP contribution is 2.59. The van der Waals surface area contributed by atoms with E-state index in [9.17, 15) is 4.79 Å². The number of nitrogens with one attached hydrogen (secondary N) is 1. The number of amides is 1. The van der Waals surface area contributed by atoms with Crippen LogP contribution in [-0.4, -0.2) is 19.6 Å². The third-order valence-corrected chi connectivity index (χ3v) is 6.32. The van der Waals surface area contributed by atoms with Gasteiger partial charge in [-0.1, -0.05) is 12.1 Å². The minimum Gasteiger partial charge on any atom is -0.497 e. The van der Waals surface area contributed by atoms with Gasteiger partial charge in [0.05, 0.1) is 13.5 Å². The Balaban J connectivity index is 1.34.